The Morgan fingerprint density at radius 2 is 0.900 bits per heavy atom. The van der Waals surface area contributed by atoms with Gasteiger partial charge in [0.2, 0.25) is 5.91 Å². The number of carbonyl (C=O) groups excluding carboxylic acids is 2. The van der Waals surface area contributed by atoms with E-state index >= 15 is 0 Å². The molecular weight excluding hydrogens is 1000 g/mol. The first-order chi connectivity index (χ1) is 39.2. The van der Waals surface area contributed by atoms with Crippen LogP contribution in [0.15, 0.2) is 72.9 Å². The molecule has 1 fully saturated rings. The summed E-state index contributed by atoms with van der Waals surface area (Å²) < 4.78 is 17.6. The molecule has 8 unspecified atom stereocenters. The van der Waals surface area contributed by atoms with Crippen LogP contribution in [0.1, 0.15) is 290 Å². The van der Waals surface area contributed by atoms with E-state index in [9.17, 15) is 35.1 Å². The van der Waals surface area contributed by atoms with Crippen molar-refractivity contribution in [3.63, 3.8) is 0 Å². The highest BCUT2D eigenvalue weighted by Crippen LogP contribution is 2.26. The molecule has 1 aliphatic heterocycles. The van der Waals surface area contributed by atoms with Gasteiger partial charge in [-0.3, -0.25) is 9.59 Å². The highest BCUT2D eigenvalue weighted by Gasteiger charge is 2.47. The van der Waals surface area contributed by atoms with Crippen molar-refractivity contribution in [3.05, 3.63) is 72.9 Å². The molecule has 0 spiro atoms. The molecule has 0 aromatic rings. The third-order valence-corrected chi connectivity index (χ3v) is 15.3. The minimum absolute atomic E-state index is 0.120. The van der Waals surface area contributed by atoms with Gasteiger partial charge in [0.05, 0.1) is 25.4 Å². The average molecular weight is 1130 g/mol. The maximum atomic E-state index is 13.4. The number of allylic oxidation sites excluding steroid dienone is 11. The summed E-state index contributed by atoms with van der Waals surface area (Å²) in [6.07, 6.45) is 62.4. The molecule has 0 aromatic heterocycles. The van der Waals surface area contributed by atoms with E-state index in [1.807, 2.05) is 6.08 Å². The van der Waals surface area contributed by atoms with Crippen LogP contribution in [0.5, 0.6) is 0 Å². The Hall–Kier alpha value is -2.90. The fraction of sp³-hybridized carbons (Fsp3) is 0.797. The van der Waals surface area contributed by atoms with Gasteiger partial charge in [-0.05, 0) is 89.9 Å². The second-order valence-corrected chi connectivity index (χ2v) is 22.8. The van der Waals surface area contributed by atoms with E-state index in [2.05, 4.69) is 86.8 Å². The summed E-state index contributed by atoms with van der Waals surface area (Å²) in [5.74, 6) is -1.20. The fourth-order valence-corrected chi connectivity index (χ4v) is 10.1. The largest absolute Gasteiger partial charge is 0.454 e. The van der Waals surface area contributed by atoms with Crippen LogP contribution >= 0.6 is 0 Å². The van der Waals surface area contributed by atoms with Crippen LogP contribution < -0.4 is 5.32 Å². The van der Waals surface area contributed by atoms with E-state index in [-0.39, 0.29) is 19.4 Å². The normalized spacial score (nSPS) is 19.2. The van der Waals surface area contributed by atoms with E-state index in [1.54, 1.807) is 6.08 Å². The molecule has 0 saturated carbocycles. The molecule has 11 nitrogen and oxygen atoms in total. The lowest BCUT2D eigenvalue weighted by molar-refractivity contribution is -0.305. The predicted molar refractivity (Wildman–Crippen MR) is 333 cm³/mol. The first-order valence-electron chi connectivity index (χ1n) is 33.2. The van der Waals surface area contributed by atoms with Gasteiger partial charge in [-0.25, -0.2) is 0 Å². The second kappa shape index (κ2) is 56.6. The Balaban J connectivity index is 2.53. The van der Waals surface area contributed by atoms with E-state index in [0.29, 0.717) is 12.8 Å². The van der Waals surface area contributed by atoms with Crippen molar-refractivity contribution < 1.29 is 49.3 Å². The van der Waals surface area contributed by atoms with Gasteiger partial charge in [0.1, 0.15) is 24.4 Å². The average Bonchev–Trinajstić information content (AvgIpc) is 3.46. The van der Waals surface area contributed by atoms with Gasteiger partial charge in [0.25, 0.3) is 0 Å². The number of nitrogens with one attached hydrogen (secondary N) is 1. The van der Waals surface area contributed by atoms with Crippen LogP contribution in [0, 0.1) is 0 Å². The van der Waals surface area contributed by atoms with Gasteiger partial charge in [0.15, 0.2) is 12.4 Å². The van der Waals surface area contributed by atoms with Crippen molar-refractivity contribution in [2.24, 2.45) is 0 Å². The Morgan fingerprint density at radius 3 is 1.38 bits per heavy atom. The number of unbranched alkanes of at least 4 members (excludes halogenated alkanes) is 32. The fourth-order valence-electron chi connectivity index (χ4n) is 10.1. The molecule has 1 rings (SSSR count). The van der Waals surface area contributed by atoms with E-state index in [0.717, 1.165) is 103 Å². The van der Waals surface area contributed by atoms with Gasteiger partial charge in [-0.15, -0.1) is 0 Å². The minimum atomic E-state index is -1.62. The zero-order valence-corrected chi connectivity index (χ0v) is 51.4. The number of hydrogen-bond acceptors (Lipinski definition) is 10. The SMILES string of the molecule is CC/C=C/C/C=C/CCCCCCCCC(O)C(=O)NC(COC1OC(CO)C(O)C(O)C1OC(=O)CCCCCCCCCCCCCCCC/C=C\C/C=C\C/C=C\CCCCC)C(O)/C=C/CCCCCCCCCCC. The number of esters is 1. The predicted octanol–water partition coefficient (Wildman–Crippen LogP) is 16.3. The van der Waals surface area contributed by atoms with Crippen LogP contribution in [-0.2, 0) is 23.8 Å². The number of aliphatic hydroxyl groups is 5. The number of aliphatic hydroxyl groups excluding tert-OH is 5. The smallest absolute Gasteiger partial charge is 0.306 e. The Morgan fingerprint density at radius 1 is 0.500 bits per heavy atom. The summed E-state index contributed by atoms with van der Waals surface area (Å²) in [7, 11) is 0. The summed E-state index contributed by atoms with van der Waals surface area (Å²) in [6.45, 7) is 5.65. The molecule has 464 valence electrons. The molecule has 1 saturated heterocycles. The molecule has 80 heavy (non-hydrogen) atoms. The zero-order chi connectivity index (χ0) is 58.2. The lowest BCUT2D eigenvalue weighted by Crippen LogP contribution is -2.61. The lowest BCUT2D eigenvalue weighted by Gasteiger charge is -2.41. The third-order valence-electron chi connectivity index (χ3n) is 15.3. The van der Waals surface area contributed by atoms with Crippen LogP contribution in [0.25, 0.3) is 0 Å². The van der Waals surface area contributed by atoms with Crippen molar-refractivity contribution >= 4 is 11.9 Å². The van der Waals surface area contributed by atoms with Crippen molar-refractivity contribution in [1.29, 1.82) is 0 Å². The molecule has 0 aliphatic carbocycles. The van der Waals surface area contributed by atoms with Gasteiger partial charge in [-0.2, -0.15) is 0 Å². The highest BCUT2D eigenvalue weighted by atomic mass is 16.7. The number of rotatable bonds is 56. The Kier molecular flexibility index (Phi) is 53.1. The molecule has 0 radical (unpaired) electrons. The zero-order valence-electron chi connectivity index (χ0n) is 51.4. The molecule has 1 amide bonds. The standard InChI is InChI=1S/C69H123NO10/c1-4-7-10-13-16-19-22-24-25-26-27-28-29-30-31-32-33-34-35-36-37-39-42-45-48-51-54-57-64(74)80-67-66(76)65(75)63(58-71)79-69(67)78-59-60(61(72)55-52-49-46-43-40-21-18-15-12-9-6-3)70-68(77)62(73)56-53-50-47-44-41-38-23-20-17-14-11-8-5-2/h8,11,16-17,19-20,24-25,27-28,52,55,60-63,65-67,69,71-73,75-76H,4-7,9-10,12-15,18,21-23,26,29-51,53-54,56-59H2,1-3H3,(H,70,77)/b11-8+,19-16-,20-17+,25-24-,28-27-,55-52+. The lowest BCUT2D eigenvalue weighted by atomic mass is 9.99. The van der Waals surface area contributed by atoms with Crippen LogP contribution in [0.4, 0.5) is 0 Å². The van der Waals surface area contributed by atoms with Crippen LogP contribution in [0.2, 0.25) is 0 Å². The molecule has 1 heterocycles. The van der Waals surface area contributed by atoms with E-state index < -0.39 is 67.4 Å². The van der Waals surface area contributed by atoms with Gasteiger partial charge in [0, 0.05) is 6.42 Å². The van der Waals surface area contributed by atoms with Crippen molar-refractivity contribution in [2.45, 2.75) is 339 Å². The van der Waals surface area contributed by atoms with Gasteiger partial charge in [-0.1, -0.05) is 267 Å². The summed E-state index contributed by atoms with van der Waals surface area (Å²) in [4.78, 5) is 26.6. The number of hydrogen-bond donors (Lipinski definition) is 6. The highest BCUT2D eigenvalue weighted by molar-refractivity contribution is 5.80. The molecule has 11 heteroatoms. The minimum Gasteiger partial charge on any atom is -0.454 e. The topological polar surface area (TPSA) is 175 Å². The van der Waals surface area contributed by atoms with Crippen molar-refractivity contribution in [2.75, 3.05) is 13.2 Å². The molecule has 0 aromatic carbocycles. The number of carbonyl (C=O) groups is 2. The first kappa shape index (κ1) is 75.1. The second-order valence-electron chi connectivity index (χ2n) is 22.8. The molecule has 0 bridgehead atoms. The monoisotopic (exact) mass is 1130 g/mol. The molecule has 8 atom stereocenters. The van der Waals surface area contributed by atoms with Crippen molar-refractivity contribution in [3.8, 4) is 0 Å². The summed E-state index contributed by atoms with van der Waals surface area (Å²) in [5.41, 5.74) is 0. The summed E-state index contributed by atoms with van der Waals surface area (Å²) in [5, 5.41) is 57.0. The number of amides is 1. The van der Waals surface area contributed by atoms with Crippen LogP contribution in [0.3, 0.4) is 0 Å². The maximum absolute atomic E-state index is 13.4. The Labute approximate surface area is 490 Å². The molecular formula is C69H123NO10. The van der Waals surface area contributed by atoms with Gasteiger partial charge < -0.3 is 45.1 Å². The summed E-state index contributed by atoms with van der Waals surface area (Å²) in [6, 6.07) is -1.03. The maximum Gasteiger partial charge on any atom is 0.306 e. The summed E-state index contributed by atoms with van der Waals surface area (Å²) >= 11 is 0. The third kappa shape index (κ3) is 43.7. The van der Waals surface area contributed by atoms with E-state index in [4.69, 9.17) is 14.2 Å². The first-order valence-corrected chi connectivity index (χ1v) is 33.2. The van der Waals surface area contributed by atoms with E-state index in [1.165, 1.54) is 141 Å². The molecule has 1 aliphatic rings. The van der Waals surface area contributed by atoms with Gasteiger partial charge >= 0.3 is 5.97 Å². The van der Waals surface area contributed by atoms with Crippen LogP contribution in [-0.4, -0.2) is 99.6 Å². The Bertz CT molecular complexity index is 1580. The molecule has 6 N–H and O–H groups in total. The number of ether oxygens (including phenoxy) is 3. The quantitative estimate of drug-likeness (QED) is 0.0195. The van der Waals surface area contributed by atoms with Crippen molar-refractivity contribution in [1.82, 2.24) is 5.32 Å².